The van der Waals surface area contributed by atoms with Gasteiger partial charge in [-0.3, -0.25) is 18.7 Å². The first kappa shape index (κ1) is 20.7. The van der Waals surface area contributed by atoms with E-state index in [0.29, 0.717) is 23.0 Å². The Labute approximate surface area is 172 Å². The van der Waals surface area contributed by atoms with E-state index in [0.717, 1.165) is 11.0 Å². The van der Waals surface area contributed by atoms with E-state index < -0.39 is 11.2 Å². The Hall–Kier alpha value is -3.00. The smallest absolute Gasteiger partial charge is 0.333 e. The third-order valence-corrected chi connectivity index (χ3v) is 4.95. The summed E-state index contributed by atoms with van der Waals surface area (Å²) in [5.41, 5.74) is -0.216. The minimum Gasteiger partial charge on any atom is -0.352 e. The highest BCUT2D eigenvalue weighted by molar-refractivity contribution is 6.30. The molecule has 0 aliphatic carbocycles. The summed E-state index contributed by atoms with van der Waals surface area (Å²) < 4.78 is 2.29. The molecule has 1 amide bonds. The third kappa shape index (κ3) is 4.22. The lowest BCUT2D eigenvalue weighted by molar-refractivity contribution is -0.122. The van der Waals surface area contributed by atoms with E-state index in [2.05, 4.69) is 15.3 Å². The molecular formula is C20H22ClN5O3. The van der Waals surface area contributed by atoms with Crippen molar-refractivity contribution in [3.8, 4) is 11.4 Å². The number of hydrogen-bond donors (Lipinski definition) is 1. The molecule has 29 heavy (non-hydrogen) atoms. The van der Waals surface area contributed by atoms with Crippen molar-refractivity contribution in [1.29, 1.82) is 0 Å². The van der Waals surface area contributed by atoms with Gasteiger partial charge in [0.2, 0.25) is 5.91 Å². The summed E-state index contributed by atoms with van der Waals surface area (Å²) in [6.45, 7) is 5.51. The van der Waals surface area contributed by atoms with E-state index >= 15 is 0 Å². The number of amides is 1. The van der Waals surface area contributed by atoms with Crippen molar-refractivity contribution in [2.24, 2.45) is 0 Å². The zero-order valence-corrected chi connectivity index (χ0v) is 17.2. The van der Waals surface area contributed by atoms with Gasteiger partial charge in [0.05, 0.1) is 0 Å². The lowest BCUT2D eigenvalue weighted by Gasteiger charge is -2.14. The summed E-state index contributed by atoms with van der Waals surface area (Å²) in [4.78, 5) is 46.7. The summed E-state index contributed by atoms with van der Waals surface area (Å²) in [6.07, 6.45) is 2.14. The number of fused-ring (bicyclic) bond motifs is 1. The summed E-state index contributed by atoms with van der Waals surface area (Å²) >= 11 is 5.92. The number of carbonyl (C=O) groups excluding carboxylic acids is 1. The van der Waals surface area contributed by atoms with Gasteiger partial charge in [0.25, 0.3) is 5.56 Å². The van der Waals surface area contributed by atoms with E-state index in [-0.39, 0.29) is 29.5 Å². The molecule has 152 valence electrons. The van der Waals surface area contributed by atoms with E-state index in [9.17, 15) is 14.4 Å². The van der Waals surface area contributed by atoms with Crippen molar-refractivity contribution in [1.82, 2.24) is 24.4 Å². The molecule has 2 aromatic heterocycles. The molecule has 1 atom stereocenters. The highest BCUT2D eigenvalue weighted by Gasteiger charge is 2.17. The number of benzene rings is 1. The van der Waals surface area contributed by atoms with Gasteiger partial charge in [-0.25, -0.2) is 14.8 Å². The first-order valence-electron chi connectivity index (χ1n) is 9.41. The van der Waals surface area contributed by atoms with E-state index in [1.807, 2.05) is 13.8 Å². The van der Waals surface area contributed by atoms with Crippen LogP contribution in [0.15, 0.2) is 40.1 Å². The van der Waals surface area contributed by atoms with Crippen LogP contribution in [0.1, 0.15) is 27.2 Å². The van der Waals surface area contributed by atoms with Crippen LogP contribution < -0.4 is 16.6 Å². The molecule has 0 unspecified atom stereocenters. The predicted molar refractivity (Wildman–Crippen MR) is 112 cm³/mol. The molecule has 9 heteroatoms. The monoisotopic (exact) mass is 415 g/mol. The second-order valence-corrected chi connectivity index (χ2v) is 7.17. The number of aromatic nitrogens is 4. The largest absolute Gasteiger partial charge is 0.352 e. The number of hydrogen-bond acceptors (Lipinski definition) is 5. The molecule has 1 aromatic carbocycles. The average molecular weight is 416 g/mol. The molecule has 2 heterocycles. The standard InChI is InChI=1S/C20H22ClN5O3/c1-4-12(3)23-16(27)11-26-19(28)15-10-22-17(13-6-8-14(21)9-7-13)24-18(15)25(5-2)20(26)29/h6-10,12H,4-5,11H2,1-3H3,(H,23,27)/t12-/m0/s1. The number of halogens is 1. The second-order valence-electron chi connectivity index (χ2n) is 6.73. The van der Waals surface area contributed by atoms with E-state index in [1.165, 1.54) is 10.8 Å². The molecule has 3 aromatic rings. The van der Waals surface area contributed by atoms with Crippen LogP contribution in [0.25, 0.3) is 22.4 Å². The second kappa shape index (κ2) is 8.57. The lowest BCUT2D eigenvalue weighted by Crippen LogP contribution is -2.45. The fraction of sp³-hybridized carbons (Fsp3) is 0.350. The van der Waals surface area contributed by atoms with Crippen LogP contribution in [0.2, 0.25) is 5.02 Å². The molecule has 0 aliphatic rings. The maximum Gasteiger partial charge on any atom is 0.333 e. The van der Waals surface area contributed by atoms with Crippen LogP contribution in [0.3, 0.4) is 0 Å². The van der Waals surface area contributed by atoms with Crippen molar-refractivity contribution in [2.45, 2.75) is 46.3 Å². The minimum atomic E-state index is -0.586. The molecule has 0 aliphatic heterocycles. The lowest BCUT2D eigenvalue weighted by atomic mass is 10.2. The third-order valence-electron chi connectivity index (χ3n) is 4.70. The maximum atomic E-state index is 12.9. The number of rotatable bonds is 6. The Morgan fingerprint density at radius 3 is 2.48 bits per heavy atom. The topological polar surface area (TPSA) is 98.9 Å². The van der Waals surface area contributed by atoms with Crippen molar-refractivity contribution in [3.05, 3.63) is 56.3 Å². The molecule has 0 fully saturated rings. The number of carbonyl (C=O) groups is 1. The quantitative estimate of drug-likeness (QED) is 0.665. The van der Waals surface area contributed by atoms with Gasteiger partial charge in [0.15, 0.2) is 11.5 Å². The van der Waals surface area contributed by atoms with Crippen LogP contribution in [0.5, 0.6) is 0 Å². The fourth-order valence-electron chi connectivity index (χ4n) is 2.93. The Balaban J connectivity index is 2.12. The Bertz CT molecular complexity index is 1170. The van der Waals surface area contributed by atoms with Crippen LogP contribution in [0.4, 0.5) is 0 Å². The van der Waals surface area contributed by atoms with Crippen molar-refractivity contribution in [3.63, 3.8) is 0 Å². The van der Waals surface area contributed by atoms with Gasteiger partial charge in [-0.05, 0) is 44.5 Å². The average Bonchev–Trinajstić information content (AvgIpc) is 2.71. The zero-order valence-electron chi connectivity index (χ0n) is 16.5. The van der Waals surface area contributed by atoms with Crippen molar-refractivity contribution >= 4 is 28.5 Å². The molecule has 0 saturated carbocycles. The number of nitrogens with one attached hydrogen (secondary N) is 1. The van der Waals surface area contributed by atoms with Crippen LogP contribution >= 0.6 is 11.6 Å². The van der Waals surface area contributed by atoms with Gasteiger partial charge < -0.3 is 5.32 Å². The number of aryl methyl sites for hydroxylation is 1. The molecule has 0 bridgehead atoms. The van der Waals surface area contributed by atoms with Gasteiger partial charge in [-0.15, -0.1) is 0 Å². The first-order valence-corrected chi connectivity index (χ1v) is 9.79. The predicted octanol–water partition coefficient (Wildman–Crippen LogP) is 2.21. The molecule has 0 radical (unpaired) electrons. The highest BCUT2D eigenvalue weighted by Crippen LogP contribution is 2.19. The minimum absolute atomic E-state index is 0.0441. The fourth-order valence-corrected chi connectivity index (χ4v) is 3.05. The Morgan fingerprint density at radius 1 is 1.17 bits per heavy atom. The molecule has 3 rings (SSSR count). The van der Waals surface area contributed by atoms with Crippen LogP contribution in [-0.4, -0.2) is 31.1 Å². The van der Waals surface area contributed by atoms with Gasteiger partial charge in [-0.2, -0.15) is 0 Å². The van der Waals surface area contributed by atoms with Gasteiger partial charge in [0.1, 0.15) is 11.9 Å². The molecule has 0 spiro atoms. The van der Waals surface area contributed by atoms with Gasteiger partial charge in [-0.1, -0.05) is 18.5 Å². The highest BCUT2D eigenvalue weighted by atomic mass is 35.5. The summed E-state index contributed by atoms with van der Waals surface area (Å²) in [7, 11) is 0. The molecule has 8 nitrogen and oxygen atoms in total. The van der Waals surface area contributed by atoms with E-state index in [4.69, 9.17) is 11.6 Å². The molecular weight excluding hydrogens is 394 g/mol. The summed E-state index contributed by atoms with van der Waals surface area (Å²) in [5, 5.41) is 3.53. The maximum absolute atomic E-state index is 12.9. The van der Waals surface area contributed by atoms with Crippen LogP contribution in [0, 0.1) is 0 Å². The first-order chi connectivity index (χ1) is 13.8. The Morgan fingerprint density at radius 2 is 1.86 bits per heavy atom. The summed E-state index contributed by atoms with van der Waals surface area (Å²) in [6, 6.07) is 6.91. The zero-order chi connectivity index (χ0) is 21.1. The van der Waals surface area contributed by atoms with Crippen LogP contribution in [-0.2, 0) is 17.9 Å². The van der Waals surface area contributed by atoms with Gasteiger partial charge >= 0.3 is 5.69 Å². The van der Waals surface area contributed by atoms with Crippen molar-refractivity contribution in [2.75, 3.05) is 0 Å². The molecule has 1 N–H and O–H groups in total. The van der Waals surface area contributed by atoms with Crippen molar-refractivity contribution < 1.29 is 4.79 Å². The van der Waals surface area contributed by atoms with E-state index in [1.54, 1.807) is 31.2 Å². The van der Waals surface area contributed by atoms with Gasteiger partial charge in [0, 0.05) is 29.4 Å². The number of nitrogens with zero attached hydrogens (tertiary/aromatic N) is 4. The normalized spacial score (nSPS) is 12.1. The molecule has 0 saturated heterocycles. The summed E-state index contributed by atoms with van der Waals surface area (Å²) in [5.74, 6) is -0.0123. The Kier molecular flexibility index (Phi) is 6.12. The SMILES string of the molecule is CC[C@H](C)NC(=O)Cn1c(=O)c2cnc(-c3ccc(Cl)cc3)nc2n(CC)c1=O.